The van der Waals surface area contributed by atoms with Crippen molar-refractivity contribution in [2.45, 2.75) is 31.2 Å². The molecule has 1 amide bonds. The van der Waals surface area contributed by atoms with Gasteiger partial charge in [-0.1, -0.05) is 44.2 Å². The number of thioether (sulfide) groups is 1. The number of amides is 1. The van der Waals surface area contributed by atoms with E-state index in [2.05, 4.69) is 36.2 Å². The Bertz CT molecular complexity index is 795. The van der Waals surface area contributed by atoms with Crippen LogP contribution >= 0.6 is 11.8 Å². The number of nitrogens with one attached hydrogen (secondary N) is 1. The molecule has 0 aliphatic rings. The minimum atomic E-state index is -0.448. The van der Waals surface area contributed by atoms with Crippen molar-refractivity contribution in [2.24, 2.45) is 0 Å². The smallest absolute Gasteiger partial charge is 0.283 e. The van der Waals surface area contributed by atoms with Gasteiger partial charge in [0, 0.05) is 24.2 Å². The fourth-order valence-electron chi connectivity index (χ4n) is 3.24. The SMILES string of the molecule is CCN(CC)C(CNC(=O)c1ccc(SC)c([N+](=O)[O-])c1)Cc1ccccc1. The van der Waals surface area contributed by atoms with Gasteiger partial charge in [0.05, 0.1) is 9.82 Å². The molecule has 0 aromatic heterocycles. The summed E-state index contributed by atoms with van der Waals surface area (Å²) in [7, 11) is 0. The highest BCUT2D eigenvalue weighted by molar-refractivity contribution is 7.98. The van der Waals surface area contributed by atoms with Crippen LogP contribution in [0.2, 0.25) is 0 Å². The van der Waals surface area contributed by atoms with Crippen molar-refractivity contribution in [3.05, 3.63) is 69.8 Å². The molecular formula is C21H27N3O3S. The van der Waals surface area contributed by atoms with Crippen LogP contribution < -0.4 is 5.32 Å². The summed E-state index contributed by atoms with van der Waals surface area (Å²) in [4.78, 5) is 26.3. The molecular weight excluding hydrogens is 374 g/mol. The molecule has 0 radical (unpaired) electrons. The van der Waals surface area contributed by atoms with Crippen LogP contribution in [0.3, 0.4) is 0 Å². The number of benzene rings is 2. The van der Waals surface area contributed by atoms with E-state index in [9.17, 15) is 14.9 Å². The van der Waals surface area contributed by atoms with Gasteiger partial charge >= 0.3 is 0 Å². The number of nitro groups is 1. The van der Waals surface area contributed by atoms with Gasteiger partial charge < -0.3 is 5.32 Å². The zero-order valence-electron chi connectivity index (χ0n) is 16.6. The average Bonchev–Trinajstić information content (AvgIpc) is 2.72. The first-order chi connectivity index (χ1) is 13.5. The van der Waals surface area contributed by atoms with Crippen LogP contribution in [0.5, 0.6) is 0 Å². The quantitative estimate of drug-likeness (QED) is 0.370. The summed E-state index contributed by atoms with van der Waals surface area (Å²) < 4.78 is 0. The molecule has 7 heteroatoms. The Kier molecular flexibility index (Phi) is 8.47. The predicted molar refractivity (Wildman–Crippen MR) is 114 cm³/mol. The molecule has 0 fully saturated rings. The summed E-state index contributed by atoms with van der Waals surface area (Å²) >= 11 is 1.29. The lowest BCUT2D eigenvalue weighted by atomic mass is 10.0. The predicted octanol–water partition coefficient (Wildman–Crippen LogP) is 4.00. The molecule has 0 saturated heterocycles. The van der Waals surface area contributed by atoms with Gasteiger partial charge in [-0.3, -0.25) is 19.8 Å². The van der Waals surface area contributed by atoms with Gasteiger partial charge in [-0.05, 0) is 43.5 Å². The first-order valence-electron chi connectivity index (χ1n) is 9.38. The highest BCUT2D eigenvalue weighted by Crippen LogP contribution is 2.28. The van der Waals surface area contributed by atoms with E-state index in [4.69, 9.17) is 0 Å². The van der Waals surface area contributed by atoms with Crippen molar-refractivity contribution in [1.82, 2.24) is 10.2 Å². The minimum absolute atomic E-state index is 0.0373. The number of nitro benzene ring substituents is 1. The molecule has 150 valence electrons. The lowest BCUT2D eigenvalue weighted by Gasteiger charge is -2.30. The van der Waals surface area contributed by atoms with Crippen LogP contribution in [-0.2, 0) is 6.42 Å². The summed E-state index contributed by atoms with van der Waals surface area (Å²) in [5.74, 6) is -0.291. The first-order valence-corrected chi connectivity index (χ1v) is 10.6. The van der Waals surface area contributed by atoms with E-state index in [1.807, 2.05) is 18.2 Å². The van der Waals surface area contributed by atoms with Gasteiger partial charge in [0.25, 0.3) is 11.6 Å². The Labute approximate surface area is 170 Å². The van der Waals surface area contributed by atoms with Crippen LogP contribution in [0.1, 0.15) is 29.8 Å². The van der Waals surface area contributed by atoms with Crippen molar-refractivity contribution >= 4 is 23.4 Å². The highest BCUT2D eigenvalue weighted by atomic mass is 32.2. The van der Waals surface area contributed by atoms with Gasteiger partial charge in [-0.15, -0.1) is 11.8 Å². The summed E-state index contributed by atoms with van der Waals surface area (Å²) in [6.07, 6.45) is 2.61. The number of nitrogens with zero attached hydrogens (tertiary/aromatic N) is 2. The third-order valence-electron chi connectivity index (χ3n) is 4.78. The van der Waals surface area contributed by atoms with E-state index < -0.39 is 4.92 Å². The van der Waals surface area contributed by atoms with E-state index in [1.54, 1.807) is 18.4 Å². The molecule has 0 bridgehead atoms. The van der Waals surface area contributed by atoms with Crippen LogP contribution in [0, 0.1) is 10.1 Å². The maximum absolute atomic E-state index is 12.6. The molecule has 0 aliphatic carbocycles. The summed E-state index contributed by atoms with van der Waals surface area (Å²) in [6, 6.07) is 15.0. The highest BCUT2D eigenvalue weighted by Gasteiger charge is 2.20. The molecule has 2 rings (SSSR count). The van der Waals surface area contributed by atoms with E-state index in [-0.39, 0.29) is 17.6 Å². The lowest BCUT2D eigenvalue weighted by molar-refractivity contribution is -0.387. The molecule has 0 aliphatic heterocycles. The molecule has 0 saturated carbocycles. The number of hydrogen-bond donors (Lipinski definition) is 1. The van der Waals surface area contributed by atoms with Gasteiger partial charge in [0.1, 0.15) is 0 Å². The summed E-state index contributed by atoms with van der Waals surface area (Å²) in [6.45, 7) is 6.46. The minimum Gasteiger partial charge on any atom is -0.350 e. The van der Waals surface area contributed by atoms with Crippen molar-refractivity contribution in [2.75, 3.05) is 25.9 Å². The van der Waals surface area contributed by atoms with E-state index in [0.29, 0.717) is 17.0 Å². The molecule has 0 heterocycles. The van der Waals surface area contributed by atoms with Crippen molar-refractivity contribution in [1.29, 1.82) is 0 Å². The summed E-state index contributed by atoms with van der Waals surface area (Å²) in [5, 5.41) is 14.2. The third-order valence-corrected chi connectivity index (χ3v) is 5.56. The Hall–Kier alpha value is -2.38. The van der Waals surface area contributed by atoms with Gasteiger partial charge in [0.2, 0.25) is 0 Å². The lowest BCUT2D eigenvalue weighted by Crippen LogP contribution is -2.45. The van der Waals surface area contributed by atoms with Crippen LogP contribution in [-0.4, -0.2) is 47.7 Å². The Morgan fingerprint density at radius 2 is 1.86 bits per heavy atom. The number of likely N-dealkylation sites (N-methyl/N-ethyl adjacent to an activating group) is 1. The van der Waals surface area contributed by atoms with E-state index in [1.165, 1.54) is 23.4 Å². The first kappa shape index (κ1) is 21.9. The zero-order chi connectivity index (χ0) is 20.5. The zero-order valence-corrected chi connectivity index (χ0v) is 17.4. The van der Waals surface area contributed by atoms with Crippen molar-refractivity contribution < 1.29 is 9.72 Å². The van der Waals surface area contributed by atoms with Crippen molar-refractivity contribution in [3.63, 3.8) is 0 Å². The van der Waals surface area contributed by atoms with Crippen LogP contribution in [0.25, 0.3) is 0 Å². The Balaban J connectivity index is 2.12. The van der Waals surface area contributed by atoms with Gasteiger partial charge in [-0.25, -0.2) is 0 Å². The molecule has 6 nitrogen and oxygen atoms in total. The average molecular weight is 402 g/mol. The van der Waals surface area contributed by atoms with Gasteiger partial charge in [-0.2, -0.15) is 0 Å². The second-order valence-corrected chi connectivity index (χ2v) is 7.27. The number of rotatable bonds is 10. The Morgan fingerprint density at radius 1 is 1.18 bits per heavy atom. The van der Waals surface area contributed by atoms with Crippen molar-refractivity contribution in [3.8, 4) is 0 Å². The fourth-order valence-corrected chi connectivity index (χ4v) is 3.79. The second-order valence-electron chi connectivity index (χ2n) is 6.42. The monoisotopic (exact) mass is 401 g/mol. The number of hydrogen-bond acceptors (Lipinski definition) is 5. The van der Waals surface area contributed by atoms with Crippen LogP contribution in [0.15, 0.2) is 53.4 Å². The topological polar surface area (TPSA) is 75.5 Å². The largest absolute Gasteiger partial charge is 0.350 e. The molecule has 2 aromatic rings. The Morgan fingerprint density at radius 3 is 2.43 bits per heavy atom. The molecule has 1 unspecified atom stereocenters. The molecule has 0 spiro atoms. The number of carbonyl (C=O) groups excluding carboxylic acids is 1. The fraction of sp³-hybridized carbons (Fsp3) is 0.381. The number of carbonyl (C=O) groups is 1. The maximum Gasteiger partial charge on any atom is 0.283 e. The van der Waals surface area contributed by atoms with E-state index >= 15 is 0 Å². The standard InChI is InChI=1S/C21H27N3O3S/c1-4-23(5-2)18(13-16-9-7-6-8-10-16)15-22-21(25)17-11-12-20(28-3)19(14-17)24(26)27/h6-12,14,18H,4-5,13,15H2,1-3H3,(H,22,25). The molecule has 28 heavy (non-hydrogen) atoms. The normalized spacial score (nSPS) is 12.0. The van der Waals surface area contributed by atoms with Crippen LogP contribution in [0.4, 0.5) is 5.69 Å². The molecule has 1 atom stereocenters. The molecule has 1 N–H and O–H groups in total. The third kappa shape index (κ3) is 5.81. The molecule has 2 aromatic carbocycles. The maximum atomic E-state index is 12.6. The summed E-state index contributed by atoms with van der Waals surface area (Å²) in [5.41, 5.74) is 1.49. The van der Waals surface area contributed by atoms with Gasteiger partial charge in [0.15, 0.2) is 0 Å². The second kappa shape index (κ2) is 10.8. The van der Waals surface area contributed by atoms with E-state index in [0.717, 1.165) is 19.5 Å².